The molecule has 4 bridgehead atoms. The Balaban J connectivity index is 1.17. The molecule has 2 aromatic rings. The van der Waals surface area contributed by atoms with Gasteiger partial charge in [-0.15, -0.1) is 0 Å². The predicted molar refractivity (Wildman–Crippen MR) is 126 cm³/mol. The van der Waals surface area contributed by atoms with Crippen LogP contribution >= 0.6 is 23.4 Å². The Morgan fingerprint density at radius 2 is 1.88 bits per heavy atom. The lowest BCUT2D eigenvalue weighted by Crippen LogP contribution is -2.53. The van der Waals surface area contributed by atoms with Gasteiger partial charge in [0, 0.05) is 47.7 Å². The molecule has 4 saturated carbocycles. The summed E-state index contributed by atoms with van der Waals surface area (Å²) in [5.74, 6) is 2.21. The van der Waals surface area contributed by atoms with Crippen molar-refractivity contribution in [2.75, 3.05) is 11.9 Å². The number of rotatable bonds is 7. The quantitative estimate of drug-likeness (QED) is 0.601. The zero-order valence-corrected chi connectivity index (χ0v) is 19.8. The summed E-state index contributed by atoms with van der Waals surface area (Å²) >= 11 is 7.64. The maximum Gasteiger partial charge on any atom is 0.226 e. The number of halogens is 1. The number of aryl methyl sites for hydroxylation is 1. The molecule has 6 nitrogen and oxygen atoms in total. The van der Waals surface area contributed by atoms with Crippen LogP contribution in [0.3, 0.4) is 0 Å². The zero-order chi connectivity index (χ0) is 22.3. The number of aromatic nitrogens is 2. The van der Waals surface area contributed by atoms with Crippen molar-refractivity contribution in [1.82, 2.24) is 14.9 Å². The number of imidazole rings is 1. The fourth-order valence-corrected chi connectivity index (χ4v) is 7.36. The van der Waals surface area contributed by atoms with Gasteiger partial charge in [-0.2, -0.15) is 0 Å². The number of hydrogen-bond donors (Lipinski definition) is 2. The SMILES string of the molecule is Cn1ccnc1Sc1ccc(Cl)cc1NC(=O)CCNC(=O)C12CC3CC(CC(C3)C1)C2. The second-order valence-electron chi connectivity index (χ2n) is 9.82. The predicted octanol–water partition coefficient (Wildman–Crippen LogP) is 4.89. The Morgan fingerprint density at radius 1 is 1.19 bits per heavy atom. The first-order chi connectivity index (χ1) is 15.4. The number of hydrogen-bond acceptors (Lipinski definition) is 4. The molecule has 4 aliphatic carbocycles. The molecule has 0 spiro atoms. The molecule has 1 aromatic heterocycles. The molecule has 0 saturated heterocycles. The van der Waals surface area contributed by atoms with Crippen molar-refractivity contribution in [3.63, 3.8) is 0 Å². The summed E-state index contributed by atoms with van der Waals surface area (Å²) in [5.41, 5.74) is 0.479. The molecule has 8 heteroatoms. The summed E-state index contributed by atoms with van der Waals surface area (Å²) in [7, 11) is 1.93. The summed E-state index contributed by atoms with van der Waals surface area (Å²) in [5, 5.41) is 7.42. The maximum absolute atomic E-state index is 13.1. The number of amides is 2. The number of carbonyl (C=O) groups excluding carboxylic acids is 2. The first-order valence-corrected chi connectivity index (χ1v) is 12.6. The highest BCUT2D eigenvalue weighted by Crippen LogP contribution is 2.60. The second kappa shape index (κ2) is 8.75. The molecule has 2 amide bonds. The highest BCUT2D eigenvalue weighted by molar-refractivity contribution is 7.99. The van der Waals surface area contributed by atoms with Gasteiger partial charge >= 0.3 is 0 Å². The van der Waals surface area contributed by atoms with Crippen LogP contribution in [0, 0.1) is 23.2 Å². The van der Waals surface area contributed by atoms with Crippen molar-refractivity contribution in [3.05, 3.63) is 35.6 Å². The van der Waals surface area contributed by atoms with Crippen LogP contribution in [0.15, 0.2) is 40.6 Å². The van der Waals surface area contributed by atoms with Crippen LogP contribution in [0.2, 0.25) is 5.02 Å². The lowest BCUT2D eigenvalue weighted by molar-refractivity contribution is -0.146. The van der Waals surface area contributed by atoms with Gasteiger partial charge in [0.1, 0.15) is 0 Å². The van der Waals surface area contributed by atoms with E-state index >= 15 is 0 Å². The Morgan fingerprint density at radius 3 is 2.50 bits per heavy atom. The number of carbonyl (C=O) groups is 2. The van der Waals surface area contributed by atoms with Gasteiger partial charge in [0.15, 0.2) is 5.16 Å². The molecule has 0 radical (unpaired) electrons. The van der Waals surface area contributed by atoms with Gasteiger partial charge in [0.25, 0.3) is 0 Å². The van der Waals surface area contributed by atoms with E-state index in [2.05, 4.69) is 15.6 Å². The van der Waals surface area contributed by atoms with Gasteiger partial charge in [-0.25, -0.2) is 4.98 Å². The molecule has 6 rings (SSSR count). The van der Waals surface area contributed by atoms with Gasteiger partial charge in [-0.05, 0) is 86.2 Å². The van der Waals surface area contributed by atoms with Crippen LogP contribution in [0.1, 0.15) is 44.9 Å². The second-order valence-corrected chi connectivity index (χ2v) is 11.3. The number of nitrogens with zero attached hydrogens (tertiary/aromatic N) is 2. The van der Waals surface area contributed by atoms with E-state index in [9.17, 15) is 9.59 Å². The Labute approximate surface area is 197 Å². The molecular formula is C24H29ClN4O2S. The third-order valence-electron chi connectivity index (χ3n) is 7.35. The molecule has 0 atom stereocenters. The summed E-state index contributed by atoms with van der Waals surface area (Å²) in [4.78, 5) is 30.9. The summed E-state index contributed by atoms with van der Waals surface area (Å²) < 4.78 is 1.92. The molecule has 0 unspecified atom stereocenters. The Bertz CT molecular complexity index is 1000. The van der Waals surface area contributed by atoms with Crippen LogP contribution in [0.25, 0.3) is 0 Å². The van der Waals surface area contributed by atoms with Crippen LogP contribution in [-0.2, 0) is 16.6 Å². The largest absolute Gasteiger partial charge is 0.355 e. The highest BCUT2D eigenvalue weighted by atomic mass is 35.5. The molecular weight excluding hydrogens is 444 g/mol. The van der Waals surface area contributed by atoms with E-state index in [0.717, 1.165) is 47.1 Å². The van der Waals surface area contributed by atoms with E-state index in [1.54, 1.807) is 18.3 Å². The van der Waals surface area contributed by atoms with Crippen molar-refractivity contribution < 1.29 is 9.59 Å². The first-order valence-electron chi connectivity index (χ1n) is 11.4. The summed E-state index contributed by atoms with van der Waals surface area (Å²) in [6.45, 7) is 0.356. The Hall–Kier alpha value is -1.99. The standard InChI is InChI=1S/C24H29ClN4O2S/c1-29-7-6-27-23(29)32-20-3-2-18(25)11-19(20)28-21(30)4-5-26-22(31)24-12-15-8-16(13-24)10-17(9-15)14-24/h2-3,6-7,11,15-17H,4-5,8-10,12-14H2,1H3,(H,26,31)(H,28,30). The molecule has 1 aromatic carbocycles. The van der Waals surface area contributed by atoms with Gasteiger partial charge in [-0.1, -0.05) is 11.6 Å². The molecule has 32 heavy (non-hydrogen) atoms. The number of benzene rings is 1. The normalized spacial score (nSPS) is 28.0. The van der Waals surface area contributed by atoms with E-state index in [1.807, 2.05) is 23.9 Å². The minimum absolute atomic E-state index is 0.139. The smallest absolute Gasteiger partial charge is 0.226 e. The third-order valence-corrected chi connectivity index (χ3v) is 8.74. The monoisotopic (exact) mass is 472 g/mol. The van der Waals surface area contributed by atoms with E-state index < -0.39 is 0 Å². The summed E-state index contributed by atoms with van der Waals surface area (Å²) in [6.07, 6.45) is 10.9. The van der Waals surface area contributed by atoms with Gasteiger partial charge in [0.2, 0.25) is 11.8 Å². The Kier molecular flexibility index (Phi) is 5.97. The van der Waals surface area contributed by atoms with Gasteiger partial charge in [0.05, 0.1) is 5.69 Å². The molecule has 1 heterocycles. The van der Waals surface area contributed by atoms with Gasteiger partial charge < -0.3 is 15.2 Å². The van der Waals surface area contributed by atoms with E-state index in [-0.39, 0.29) is 23.7 Å². The maximum atomic E-state index is 13.1. The van der Waals surface area contributed by atoms with Crippen LogP contribution in [0.5, 0.6) is 0 Å². The van der Waals surface area contributed by atoms with Crippen molar-refractivity contribution in [1.29, 1.82) is 0 Å². The third kappa shape index (κ3) is 4.42. The molecule has 4 aliphatic rings. The molecule has 170 valence electrons. The lowest BCUT2D eigenvalue weighted by Gasteiger charge is -2.55. The van der Waals surface area contributed by atoms with Crippen LogP contribution in [-0.4, -0.2) is 27.9 Å². The van der Waals surface area contributed by atoms with Crippen LogP contribution in [0.4, 0.5) is 5.69 Å². The molecule has 4 fully saturated rings. The number of nitrogens with one attached hydrogen (secondary N) is 2. The van der Waals surface area contributed by atoms with Crippen molar-refractivity contribution in [2.24, 2.45) is 30.2 Å². The zero-order valence-electron chi connectivity index (χ0n) is 18.3. The molecule has 0 aliphatic heterocycles. The summed E-state index contributed by atoms with van der Waals surface area (Å²) in [6, 6.07) is 5.43. The average molecular weight is 473 g/mol. The fourth-order valence-electron chi connectivity index (χ4n) is 6.32. The van der Waals surface area contributed by atoms with Crippen molar-refractivity contribution in [3.8, 4) is 0 Å². The topological polar surface area (TPSA) is 76.0 Å². The minimum atomic E-state index is -0.177. The van der Waals surface area contributed by atoms with Crippen molar-refractivity contribution >= 4 is 40.9 Å². The fraction of sp³-hybridized carbons (Fsp3) is 0.542. The average Bonchev–Trinajstić information content (AvgIpc) is 3.13. The van der Waals surface area contributed by atoms with E-state index in [0.29, 0.717) is 17.3 Å². The van der Waals surface area contributed by atoms with E-state index in [1.165, 1.54) is 31.0 Å². The lowest BCUT2D eigenvalue weighted by atomic mass is 9.49. The highest BCUT2D eigenvalue weighted by Gasteiger charge is 2.54. The van der Waals surface area contributed by atoms with E-state index in [4.69, 9.17) is 11.6 Å². The van der Waals surface area contributed by atoms with Crippen LogP contribution < -0.4 is 10.6 Å². The molecule has 2 N–H and O–H groups in total. The van der Waals surface area contributed by atoms with Crippen molar-refractivity contribution in [2.45, 2.75) is 55.0 Å². The van der Waals surface area contributed by atoms with Gasteiger partial charge in [-0.3, -0.25) is 9.59 Å². The number of anilines is 1. The minimum Gasteiger partial charge on any atom is -0.355 e. The first kappa shape index (κ1) is 21.8.